The van der Waals surface area contributed by atoms with E-state index in [1.807, 2.05) is 20.8 Å². The third-order valence-corrected chi connectivity index (χ3v) is 5.66. The lowest BCUT2D eigenvalue weighted by Crippen LogP contribution is -2.22. The molecule has 0 atom stereocenters. The zero-order chi connectivity index (χ0) is 28.5. The predicted octanol–water partition coefficient (Wildman–Crippen LogP) is 5.82. The van der Waals surface area contributed by atoms with Crippen LogP contribution in [0.25, 0.3) is 10.9 Å². The number of fused-ring (bicyclic) bond motifs is 1. The molecule has 0 radical (unpaired) electrons. The fraction of sp³-hybridized carbons (Fsp3) is 0.231. The number of H-pyrrole nitrogens is 1. The number of nitrogens with zero attached hydrogens (tertiary/aromatic N) is 2. The van der Waals surface area contributed by atoms with Crippen molar-refractivity contribution in [3.63, 3.8) is 0 Å². The van der Waals surface area contributed by atoms with Crippen LogP contribution >= 0.6 is 0 Å². The summed E-state index contributed by atoms with van der Waals surface area (Å²) < 4.78 is 52.7. The predicted molar refractivity (Wildman–Crippen MR) is 138 cm³/mol. The molecule has 0 aliphatic rings. The quantitative estimate of drug-likeness (QED) is 0.242. The number of carbonyl (C=O) groups excluding carboxylic acids is 2. The summed E-state index contributed by atoms with van der Waals surface area (Å²) in [6, 6.07) is 8.10. The molecule has 0 aliphatic carbocycles. The van der Waals surface area contributed by atoms with Gasteiger partial charge in [-0.15, -0.1) is 0 Å². The number of hydrogen-bond acceptors (Lipinski definition) is 6. The lowest BCUT2D eigenvalue weighted by atomic mass is 9.92. The first-order valence-corrected chi connectivity index (χ1v) is 11.6. The minimum Gasteiger partial charge on any atom is -0.496 e. The zero-order valence-corrected chi connectivity index (χ0v) is 21.4. The molecule has 0 spiro atoms. The van der Waals surface area contributed by atoms with Gasteiger partial charge in [-0.1, -0.05) is 20.8 Å². The van der Waals surface area contributed by atoms with Gasteiger partial charge in [-0.25, -0.2) is 4.79 Å². The Hall–Kier alpha value is -4.81. The summed E-state index contributed by atoms with van der Waals surface area (Å²) in [5.74, 6) is -0.382. The van der Waals surface area contributed by atoms with Crippen molar-refractivity contribution in [3.8, 4) is 17.2 Å². The van der Waals surface area contributed by atoms with Gasteiger partial charge in [0.05, 0.1) is 35.1 Å². The minimum absolute atomic E-state index is 0.0521. The van der Waals surface area contributed by atoms with E-state index < -0.39 is 29.4 Å². The summed E-state index contributed by atoms with van der Waals surface area (Å²) in [6.45, 7) is 5.78. The Balaban J connectivity index is 1.62. The Morgan fingerprint density at radius 3 is 2.36 bits per heavy atom. The van der Waals surface area contributed by atoms with Crippen LogP contribution in [0.15, 0.2) is 48.7 Å². The summed E-state index contributed by atoms with van der Waals surface area (Å²) in [4.78, 5) is 28.5. The maximum Gasteiger partial charge on any atom is 0.418 e. The van der Waals surface area contributed by atoms with Crippen LogP contribution in [0.4, 0.5) is 29.5 Å². The average molecular weight is 543 g/mol. The van der Waals surface area contributed by atoms with Crippen LogP contribution in [0.5, 0.6) is 17.2 Å². The summed E-state index contributed by atoms with van der Waals surface area (Å²) >= 11 is 0. The molecule has 39 heavy (non-hydrogen) atoms. The molecule has 0 fully saturated rings. The van der Waals surface area contributed by atoms with Crippen LogP contribution in [-0.4, -0.2) is 34.2 Å². The molecule has 2 heterocycles. The summed E-state index contributed by atoms with van der Waals surface area (Å²) in [5.41, 5.74) is 4.61. The minimum atomic E-state index is -4.82. The third kappa shape index (κ3) is 6.03. The first-order valence-electron chi connectivity index (χ1n) is 11.6. The van der Waals surface area contributed by atoms with Crippen LogP contribution in [0.3, 0.4) is 0 Å². The molecular weight excluding hydrogens is 517 g/mol. The molecule has 13 heteroatoms. The van der Waals surface area contributed by atoms with E-state index in [1.165, 1.54) is 37.6 Å². The van der Waals surface area contributed by atoms with E-state index in [2.05, 4.69) is 25.8 Å². The molecule has 0 bridgehead atoms. The molecule has 0 saturated carbocycles. The zero-order valence-electron chi connectivity index (χ0n) is 21.4. The van der Waals surface area contributed by atoms with Gasteiger partial charge in [-0.05, 0) is 30.3 Å². The van der Waals surface area contributed by atoms with Crippen LogP contribution in [0.2, 0.25) is 0 Å². The van der Waals surface area contributed by atoms with E-state index in [9.17, 15) is 22.8 Å². The number of aromatic amines is 1. The molecular formula is C26H25F3N6O4. The average Bonchev–Trinajstić information content (AvgIpc) is 3.32. The number of aromatic nitrogens is 3. The first-order chi connectivity index (χ1) is 18.3. The number of benzene rings is 2. The third-order valence-electron chi connectivity index (χ3n) is 5.66. The molecule has 204 valence electrons. The van der Waals surface area contributed by atoms with Crippen molar-refractivity contribution in [2.45, 2.75) is 32.4 Å². The van der Waals surface area contributed by atoms with Gasteiger partial charge in [0.15, 0.2) is 0 Å². The second kappa shape index (κ2) is 10.2. The molecule has 5 N–H and O–H groups in total. The van der Waals surface area contributed by atoms with Gasteiger partial charge in [-0.3, -0.25) is 20.2 Å². The summed E-state index contributed by atoms with van der Waals surface area (Å²) in [6.07, 6.45) is -3.42. The molecule has 10 nitrogen and oxygen atoms in total. The number of urea groups is 1. The van der Waals surface area contributed by atoms with Crippen molar-refractivity contribution in [1.29, 1.82) is 0 Å². The summed E-state index contributed by atoms with van der Waals surface area (Å²) in [7, 11) is 1.36. The normalized spacial score (nSPS) is 11.8. The number of halogens is 3. The van der Waals surface area contributed by atoms with Crippen LogP contribution in [0, 0.1) is 0 Å². The number of hydrogen-bond donors (Lipinski definition) is 4. The molecule has 0 unspecified atom stereocenters. The molecule has 2 aromatic heterocycles. The highest BCUT2D eigenvalue weighted by molar-refractivity contribution is 6.01. The van der Waals surface area contributed by atoms with Crippen molar-refractivity contribution in [2.75, 3.05) is 17.7 Å². The van der Waals surface area contributed by atoms with Gasteiger partial charge in [0.2, 0.25) is 0 Å². The highest BCUT2D eigenvalue weighted by atomic mass is 19.4. The number of anilines is 2. The smallest absolute Gasteiger partial charge is 0.418 e. The number of rotatable bonds is 6. The van der Waals surface area contributed by atoms with E-state index in [1.54, 1.807) is 6.07 Å². The lowest BCUT2D eigenvalue weighted by molar-refractivity contribution is -0.137. The number of nitrogens with one attached hydrogen (secondary N) is 3. The van der Waals surface area contributed by atoms with E-state index in [4.69, 9.17) is 15.2 Å². The SMILES string of the molecule is COc1cc2nccc(Oc3ccc(NC(=O)Nc4cc(C(C)(C)C)n[nH]4)c(C(F)(F)F)c3)c2cc1C(N)=O. The van der Waals surface area contributed by atoms with Crippen LogP contribution < -0.4 is 25.8 Å². The monoisotopic (exact) mass is 542 g/mol. The maximum atomic E-state index is 13.9. The van der Waals surface area contributed by atoms with Crippen molar-refractivity contribution < 1.29 is 32.2 Å². The topological polar surface area (TPSA) is 144 Å². The van der Waals surface area contributed by atoms with E-state index in [-0.39, 0.29) is 34.0 Å². The fourth-order valence-corrected chi connectivity index (χ4v) is 3.70. The Bertz CT molecular complexity index is 1560. The number of nitrogens with two attached hydrogens (primary N) is 1. The Labute approximate surface area is 220 Å². The van der Waals surface area contributed by atoms with Gasteiger partial charge in [0.1, 0.15) is 23.1 Å². The number of ether oxygens (including phenoxy) is 2. The molecule has 4 aromatic rings. The molecule has 3 amide bonds. The Kier molecular flexibility index (Phi) is 7.09. The number of pyridine rings is 1. The number of amides is 3. The summed E-state index contributed by atoms with van der Waals surface area (Å²) in [5, 5.41) is 11.7. The van der Waals surface area contributed by atoms with E-state index >= 15 is 0 Å². The van der Waals surface area contributed by atoms with Gasteiger partial charge < -0.3 is 20.5 Å². The van der Waals surface area contributed by atoms with Crippen molar-refractivity contribution in [2.24, 2.45) is 5.73 Å². The first kappa shape index (κ1) is 27.2. The van der Waals surface area contributed by atoms with Crippen molar-refractivity contribution in [1.82, 2.24) is 15.2 Å². The van der Waals surface area contributed by atoms with Gasteiger partial charge in [-0.2, -0.15) is 18.3 Å². The van der Waals surface area contributed by atoms with Gasteiger partial charge in [0.25, 0.3) is 5.91 Å². The molecule has 0 saturated heterocycles. The standard InChI is InChI=1S/C26H25F3N6O4/c1-25(2,3)21-12-22(35-34-21)33-24(37)32-17-6-5-13(9-16(17)26(27,28)29)39-19-7-8-31-18-11-20(38-4)15(23(30)36)10-14(18)19/h5-12H,1-4H3,(H2,30,36)(H3,32,33,34,35,37). The molecule has 4 rings (SSSR count). The highest BCUT2D eigenvalue weighted by Gasteiger charge is 2.35. The second-order valence-corrected chi connectivity index (χ2v) is 9.55. The van der Waals surface area contributed by atoms with Crippen LogP contribution in [0.1, 0.15) is 42.4 Å². The van der Waals surface area contributed by atoms with Crippen molar-refractivity contribution >= 4 is 34.3 Å². The second-order valence-electron chi connectivity index (χ2n) is 9.55. The van der Waals surface area contributed by atoms with E-state index in [0.29, 0.717) is 16.6 Å². The molecule has 0 aliphatic heterocycles. The lowest BCUT2D eigenvalue weighted by Gasteiger charge is -2.16. The Morgan fingerprint density at radius 1 is 1.00 bits per heavy atom. The van der Waals surface area contributed by atoms with Crippen LogP contribution in [-0.2, 0) is 11.6 Å². The van der Waals surface area contributed by atoms with Gasteiger partial charge in [0, 0.05) is 29.1 Å². The molecule has 2 aromatic carbocycles. The number of carbonyl (C=O) groups is 2. The fourth-order valence-electron chi connectivity index (χ4n) is 3.70. The van der Waals surface area contributed by atoms with Crippen molar-refractivity contribution in [3.05, 3.63) is 65.5 Å². The Morgan fingerprint density at radius 2 is 1.74 bits per heavy atom. The largest absolute Gasteiger partial charge is 0.496 e. The number of primary amides is 1. The number of methoxy groups -OCH3 is 1. The van der Waals surface area contributed by atoms with Gasteiger partial charge >= 0.3 is 12.2 Å². The maximum absolute atomic E-state index is 13.9. The highest BCUT2D eigenvalue weighted by Crippen LogP contribution is 2.39. The number of alkyl halides is 3. The van der Waals surface area contributed by atoms with E-state index in [0.717, 1.165) is 12.1 Å².